The average Bonchev–Trinajstić information content (AvgIpc) is 2.43. The minimum atomic E-state index is -0.193. The van der Waals surface area contributed by atoms with E-state index in [-0.39, 0.29) is 18.1 Å². The number of rotatable bonds is 1. The number of ether oxygens (including phenoxy) is 1. The fraction of sp³-hybridized carbons (Fsp3) is 0.500. The molecule has 3 rings (SSSR count). The molecule has 5 heteroatoms. The van der Waals surface area contributed by atoms with Gasteiger partial charge < -0.3 is 15.0 Å². The molecule has 0 aromatic heterocycles. The highest BCUT2D eigenvalue weighted by Crippen LogP contribution is 2.31. The predicted octanol–water partition coefficient (Wildman–Crippen LogP) is 1.83. The predicted molar refractivity (Wildman–Crippen MR) is 74.6 cm³/mol. The summed E-state index contributed by atoms with van der Waals surface area (Å²) in [7, 11) is 0. The van der Waals surface area contributed by atoms with Crippen molar-refractivity contribution in [3.63, 3.8) is 0 Å². The van der Waals surface area contributed by atoms with E-state index in [4.69, 9.17) is 16.3 Å². The van der Waals surface area contributed by atoms with Crippen LogP contribution >= 0.6 is 11.6 Å². The quantitative estimate of drug-likeness (QED) is 0.853. The van der Waals surface area contributed by atoms with E-state index in [0.717, 1.165) is 31.6 Å². The second-order valence-corrected chi connectivity index (χ2v) is 5.62. The minimum Gasteiger partial charge on any atom is -0.363 e. The van der Waals surface area contributed by atoms with Crippen molar-refractivity contribution in [1.82, 2.24) is 5.32 Å². The summed E-state index contributed by atoms with van der Waals surface area (Å²) < 4.78 is 5.84. The van der Waals surface area contributed by atoms with Crippen LogP contribution in [0.4, 0.5) is 5.69 Å². The van der Waals surface area contributed by atoms with Gasteiger partial charge in [0.15, 0.2) is 0 Å². The maximum atomic E-state index is 12.1. The highest BCUT2D eigenvalue weighted by atomic mass is 35.5. The highest BCUT2D eigenvalue weighted by molar-refractivity contribution is 6.30. The Hall–Kier alpha value is -1.10. The lowest BCUT2D eigenvalue weighted by Crippen LogP contribution is -2.58. The molecule has 2 aliphatic heterocycles. The van der Waals surface area contributed by atoms with Crippen molar-refractivity contribution in [2.75, 3.05) is 31.1 Å². The van der Waals surface area contributed by atoms with Crippen LogP contribution in [0.3, 0.4) is 0 Å². The zero-order valence-corrected chi connectivity index (χ0v) is 11.4. The fourth-order valence-corrected chi connectivity index (χ4v) is 2.96. The number of morpholine rings is 1. The molecule has 19 heavy (non-hydrogen) atoms. The summed E-state index contributed by atoms with van der Waals surface area (Å²) in [5.74, 6) is 0.00595. The van der Waals surface area contributed by atoms with E-state index in [1.807, 2.05) is 24.3 Å². The maximum absolute atomic E-state index is 12.1. The summed E-state index contributed by atoms with van der Waals surface area (Å²) in [5, 5.41) is 3.98. The van der Waals surface area contributed by atoms with Crippen LogP contribution in [-0.4, -0.2) is 37.7 Å². The van der Waals surface area contributed by atoms with E-state index in [2.05, 4.69) is 5.32 Å². The van der Waals surface area contributed by atoms with Crippen molar-refractivity contribution in [2.45, 2.75) is 18.4 Å². The van der Waals surface area contributed by atoms with E-state index in [0.29, 0.717) is 11.6 Å². The van der Waals surface area contributed by atoms with Crippen LogP contribution < -0.4 is 10.2 Å². The molecule has 1 spiro atoms. The summed E-state index contributed by atoms with van der Waals surface area (Å²) in [6.45, 7) is 2.66. The van der Waals surface area contributed by atoms with E-state index in [1.54, 1.807) is 4.90 Å². The van der Waals surface area contributed by atoms with E-state index < -0.39 is 0 Å². The first-order valence-electron chi connectivity index (χ1n) is 6.59. The molecule has 2 saturated heterocycles. The Kier molecular flexibility index (Phi) is 3.48. The van der Waals surface area contributed by atoms with Gasteiger partial charge in [0.1, 0.15) is 6.61 Å². The van der Waals surface area contributed by atoms with Crippen LogP contribution in [0.1, 0.15) is 12.8 Å². The number of nitrogens with zero attached hydrogens (tertiary/aromatic N) is 1. The topological polar surface area (TPSA) is 41.6 Å². The number of carbonyl (C=O) groups excluding carboxylic acids is 1. The number of hydrogen-bond acceptors (Lipinski definition) is 3. The van der Waals surface area contributed by atoms with Crippen molar-refractivity contribution in [3.8, 4) is 0 Å². The van der Waals surface area contributed by atoms with Gasteiger partial charge in [0.25, 0.3) is 5.91 Å². The van der Waals surface area contributed by atoms with Crippen molar-refractivity contribution >= 4 is 23.2 Å². The van der Waals surface area contributed by atoms with Gasteiger partial charge in [-0.15, -0.1) is 0 Å². The standard InChI is InChI=1S/C14H17ClN2O2/c15-11-2-1-3-12(8-11)17-10-14(19-9-13(17)18)4-6-16-7-5-14/h1-3,8,16H,4-7,9-10H2. The number of hydrogen-bond donors (Lipinski definition) is 1. The van der Waals surface area contributed by atoms with Gasteiger partial charge in [-0.05, 0) is 44.1 Å². The molecule has 0 saturated carbocycles. The molecular weight excluding hydrogens is 264 g/mol. The number of nitrogens with one attached hydrogen (secondary N) is 1. The molecule has 0 atom stereocenters. The summed E-state index contributed by atoms with van der Waals surface area (Å²) in [6.07, 6.45) is 1.88. The first-order valence-corrected chi connectivity index (χ1v) is 6.97. The largest absolute Gasteiger partial charge is 0.363 e. The summed E-state index contributed by atoms with van der Waals surface area (Å²) in [6, 6.07) is 7.44. The molecule has 2 heterocycles. The van der Waals surface area contributed by atoms with Gasteiger partial charge in [-0.25, -0.2) is 0 Å². The third-order valence-electron chi connectivity index (χ3n) is 3.88. The third-order valence-corrected chi connectivity index (χ3v) is 4.12. The molecule has 0 aliphatic carbocycles. The van der Waals surface area contributed by atoms with Gasteiger partial charge in [0.05, 0.1) is 12.1 Å². The number of carbonyl (C=O) groups is 1. The summed E-state index contributed by atoms with van der Waals surface area (Å²) in [5.41, 5.74) is 0.667. The lowest BCUT2D eigenvalue weighted by atomic mass is 9.90. The van der Waals surface area contributed by atoms with Gasteiger partial charge in [0, 0.05) is 10.7 Å². The third kappa shape index (κ3) is 2.61. The molecular formula is C14H17ClN2O2. The zero-order valence-electron chi connectivity index (χ0n) is 10.7. The lowest BCUT2D eigenvalue weighted by molar-refractivity contribution is -0.141. The molecule has 1 aromatic carbocycles. The molecule has 2 fully saturated rings. The summed E-state index contributed by atoms with van der Waals surface area (Å²) in [4.78, 5) is 13.9. The highest BCUT2D eigenvalue weighted by Gasteiger charge is 2.41. The van der Waals surface area contributed by atoms with Crippen molar-refractivity contribution < 1.29 is 9.53 Å². The average molecular weight is 281 g/mol. The summed E-state index contributed by atoms with van der Waals surface area (Å²) >= 11 is 6.01. The number of benzene rings is 1. The second kappa shape index (κ2) is 5.12. The molecule has 1 N–H and O–H groups in total. The maximum Gasteiger partial charge on any atom is 0.253 e. The number of halogens is 1. The fourth-order valence-electron chi connectivity index (χ4n) is 2.78. The van der Waals surface area contributed by atoms with Gasteiger partial charge in [0.2, 0.25) is 0 Å². The zero-order chi connectivity index (χ0) is 13.3. The first-order chi connectivity index (χ1) is 9.19. The van der Waals surface area contributed by atoms with Gasteiger partial charge in [-0.1, -0.05) is 17.7 Å². The lowest BCUT2D eigenvalue weighted by Gasteiger charge is -2.44. The molecule has 0 radical (unpaired) electrons. The van der Waals surface area contributed by atoms with Gasteiger partial charge in [-0.2, -0.15) is 0 Å². The Balaban J connectivity index is 1.85. The Morgan fingerprint density at radius 2 is 2.11 bits per heavy atom. The van der Waals surface area contributed by atoms with E-state index >= 15 is 0 Å². The Morgan fingerprint density at radius 3 is 2.84 bits per heavy atom. The van der Waals surface area contributed by atoms with Crippen LogP contribution in [-0.2, 0) is 9.53 Å². The molecule has 1 amide bonds. The molecule has 0 bridgehead atoms. The number of piperidine rings is 1. The molecule has 2 aliphatic rings. The molecule has 0 unspecified atom stereocenters. The van der Waals surface area contributed by atoms with Crippen LogP contribution in [0.5, 0.6) is 0 Å². The van der Waals surface area contributed by atoms with E-state index in [9.17, 15) is 4.79 Å². The monoisotopic (exact) mass is 280 g/mol. The normalized spacial score (nSPS) is 22.8. The van der Waals surface area contributed by atoms with Crippen LogP contribution in [0.2, 0.25) is 5.02 Å². The molecule has 4 nitrogen and oxygen atoms in total. The van der Waals surface area contributed by atoms with Crippen molar-refractivity contribution in [3.05, 3.63) is 29.3 Å². The minimum absolute atomic E-state index is 0.00595. The molecule has 102 valence electrons. The Bertz CT molecular complexity index is 486. The second-order valence-electron chi connectivity index (χ2n) is 5.18. The van der Waals surface area contributed by atoms with Crippen LogP contribution in [0.25, 0.3) is 0 Å². The smallest absolute Gasteiger partial charge is 0.253 e. The Morgan fingerprint density at radius 1 is 1.32 bits per heavy atom. The van der Waals surface area contributed by atoms with Crippen molar-refractivity contribution in [1.29, 1.82) is 0 Å². The van der Waals surface area contributed by atoms with Gasteiger partial charge in [-0.3, -0.25) is 4.79 Å². The molecule has 1 aromatic rings. The van der Waals surface area contributed by atoms with Gasteiger partial charge >= 0.3 is 0 Å². The SMILES string of the molecule is O=C1COC2(CCNCC2)CN1c1cccc(Cl)c1. The number of anilines is 1. The van der Waals surface area contributed by atoms with Crippen LogP contribution in [0, 0.1) is 0 Å². The van der Waals surface area contributed by atoms with E-state index in [1.165, 1.54) is 0 Å². The van der Waals surface area contributed by atoms with Crippen molar-refractivity contribution in [2.24, 2.45) is 0 Å². The number of amides is 1. The van der Waals surface area contributed by atoms with Crippen LogP contribution in [0.15, 0.2) is 24.3 Å². The first kappa shape index (κ1) is 12.9. The Labute approximate surface area is 117 Å².